The average Bonchev–Trinajstić information content (AvgIpc) is 2.82. The predicted molar refractivity (Wildman–Crippen MR) is 82.9 cm³/mol. The summed E-state index contributed by atoms with van der Waals surface area (Å²) in [6.07, 6.45) is -2.46. The van der Waals surface area contributed by atoms with E-state index in [2.05, 4.69) is 24.6 Å². The predicted octanol–water partition coefficient (Wildman–Crippen LogP) is 4.65. The number of alkyl halides is 3. The molecule has 3 nitrogen and oxygen atoms in total. The highest BCUT2D eigenvalue weighted by atomic mass is 32.1. The smallest absolute Gasteiger partial charge is 0.356 e. The summed E-state index contributed by atoms with van der Waals surface area (Å²) in [6, 6.07) is 0.908. The molecule has 0 spiro atoms. The van der Waals surface area contributed by atoms with E-state index >= 15 is 0 Å². The largest absolute Gasteiger partial charge is 0.418 e. The van der Waals surface area contributed by atoms with E-state index in [9.17, 15) is 13.2 Å². The van der Waals surface area contributed by atoms with Crippen LogP contribution in [0, 0.1) is 0 Å². The molecule has 0 radical (unpaired) electrons. The van der Waals surface area contributed by atoms with Crippen molar-refractivity contribution in [2.75, 3.05) is 13.4 Å². The van der Waals surface area contributed by atoms with Crippen molar-refractivity contribution in [3.05, 3.63) is 16.6 Å². The third kappa shape index (κ3) is 3.90. The van der Waals surface area contributed by atoms with E-state index in [0.29, 0.717) is 18.0 Å². The van der Waals surface area contributed by atoms with Crippen LogP contribution in [0.15, 0.2) is 11.6 Å². The third-order valence-corrected chi connectivity index (χ3v) is 6.59. The lowest BCUT2D eigenvalue weighted by Gasteiger charge is -2.48. The van der Waals surface area contributed by atoms with E-state index in [1.807, 2.05) is 0 Å². The second-order valence-corrected chi connectivity index (χ2v) is 13.4. The molecule has 2 unspecified atom stereocenters. The van der Waals surface area contributed by atoms with Gasteiger partial charge in [-0.05, 0) is 18.9 Å². The van der Waals surface area contributed by atoms with Crippen LogP contribution in [0.1, 0.15) is 23.8 Å². The molecule has 1 aliphatic carbocycles. The van der Waals surface area contributed by atoms with Gasteiger partial charge in [0.25, 0.3) is 0 Å². The second kappa shape index (κ2) is 6.58. The number of hydrogen-bond donors (Lipinski definition) is 0. The summed E-state index contributed by atoms with van der Waals surface area (Å²) >= 11 is 1.25. The van der Waals surface area contributed by atoms with Gasteiger partial charge in [-0.25, -0.2) is 4.98 Å². The lowest BCUT2D eigenvalue weighted by Crippen LogP contribution is -2.58. The van der Waals surface area contributed by atoms with Crippen molar-refractivity contribution < 1.29 is 22.6 Å². The second-order valence-electron chi connectivity index (χ2n) is 6.83. The van der Waals surface area contributed by atoms with Gasteiger partial charge in [0, 0.05) is 32.2 Å². The highest BCUT2D eigenvalue weighted by Gasteiger charge is 2.66. The normalized spacial score (nSPS) is 26.0. The van der Waals surface area contributed by atoms with Crippen molar-refractivity contribution in [1.29, 1.82) is 0 Å². The Kier molecular flexibility index (Phi) is 5.36. The molecule has 22 heavy (non-hydrogen) atoms. The van der Waals surface area contributed by atoms with Gasteiger partial charge in [0.15, 0.2) is 5.60 Å². The molecule has 0 N–H and O–H groups in total. The maximum absolute atomic E-state index is 13.5. The van der Waals surface area contributed by atoms with E-state index in [0.717, 1.165) is 6.04 Å². The molecule has 1 aromatic heterocycles. The first kappa shape index (κ1) is 17.9. The maximum Gasteiger partial charge on any atom is 0.418 e. The lowest BCUT2D eigenvalue weighted by atomic mass is 9.69. The van der Waals surface area contributed by atoms with Crippen molar-refractivity contribution in [3.8, 4) is 0 Å². The molecule has 0 bridgehead atoms. The highest BCUT2D eigenvalue weighted by Crippen LogP contribution is 2.57. The first-order valence-electron chi connectivity index (χ1n) is 7.33. The van der Waals surface area contributed by atoms with Gasteiger partial charge < -0.3 is 9.47 Å². The molecule has 0 aromatic carbocycles. The van der Waals surface area contributed by atoms with Gasteiger partial charge in [-0.2, -0.15) is 13.2 Å². The quantitative estimate of drug-likeness (QED) is 0.406. The summed E-state index contributed by atoms with van der Waals surface area (Å²) in [5.74, 6) is -0.715. The van der Waals surface area contributed by atoms with Crippen molar-refractivity contribution in [3.63, 3.8) is 0 Å². The monoisotopic (exact) mass is 353 g/mol. The number of halogens is 3. The fourth-order valence-electron chi connectivity index (χ4n) is 2.46. The molecule has 1 aromatic rings. The molecule has 126 valence electrons. The Morgan fingerprint density at radius 3 is 2.59 bits per heavy atom. The average molecular weight is 353 g/mol. The van der Waals surface area contributed by atoms with Crippen molar-refractivity contribution >= 4 is 19.4 Å². The molecule has 2 atom stereocenters. The van der Waals surface area contributed by atoms with Crippen LogP contribution in [0.2, 0.25) is 25.7 Å². The Balaban J connectivity index is 1.94. The minimum Gasteiger partial charge on any atom is -0.356 e. The van der Waals surface area contributed by atoms with Gasteiger partial charge >= 0.3 is 6.18 Å². The summed E-state index contributed by atoms with van der Waals surface area (Å²) in [6.45, 7) is 6.72. The molecule has 0 aliphatic heterocycles. The number of hydrogen-bond acceptors (Lipinski definition) is 4. The first-order chi connectivity index (χ1) is 10.2. The number of aromatic nitrogens is 1. The van der Waals surface area contributed by atoms with Gasteiger partial charge in [0.05, 0.1) is 5.01 Å². The van der Waals surface area contributed by atoms with E-state index < -0.39 is 25.8 Å². The van der Waals surface area contributed by atoms with Crippen LogP contribution in [0.5, 0.6) is 0 Å². The van der Waals surface area contributed by atoms with Crippen LogP contribution >= 0.6 is 11.3 Å². The van der Waals surface area contributed by atoms with Gasteiger partial charge in [-0.1, -0.05) is 19.6 Å². The molecular formula is C14H22F3NO2SSi. The molecule has 1 aliphatic rings. The standard InChI is InChI=1S/C14H22F3NO2SSi/c1-22(2,3)9-7-19-10-20-13(14(15,16)17)5-4-11(13)12-18-6-8-21-12/h6,8,11H,4-5,7,9-10H2,1-3H3. The van der Waals surface area contributed by atoms with Gasteiger partial charge in [-0.3, -0.25) is 0 Å². The van der Waals surface area contributed by atoms with Crippen LogP contribution in [-0.2, 0) is 9.47 Å². The molecule has 0 saturated heterocycles. The Labute approximate surface area is 133 Å². The Morgan fingerprint density at radius 1 is 1.41 bits per heavy atom. The van der Waals surface area contributed by atoms with Crippen LogP contribution in [0.4, 0.5) is 13.2 Å². The Morgan fingerprint density at radius 2 is 2.14 bits per heavy atom. The number of ether oxygens (including phenoxy) is 2. The maximum atomic E-state index is 13.5. The summed E-state index contributed by atoms with van der Waals surface area (Å²) in [5.41, 5.74) is -2.13. The topological polar surface area (TPSA) is 31.4 Å². The van der Waals surface area contributed by atoms with Crippen molar-refractivity contribution in [1.82, 2.24) is 4.98 Å². The van der Waals surface area contributed by atoms with Crippen LogP contribution in [0.3, 0.4) is 0 Å². The zero-order chi connectivity index (χ0) is 16.4. The van der Waals surface area contributed by atoms with E-state index in [-0.39, 0.29) is 13.2 Å². The Hall–Kier alpha value is -0.443. The third-order valence-electron chi connectivity index (χ3n) is 3.99. The lowest BCUT2D eigenvalue weighted by molar-refractivity contribution is -0.331. The summed E-state index contributed by atoms with van der Waals surface area (Å²) in [5, 5.41) is 2.19. The molecule has 2 rings (SSSR count). The first-order valence-corrected chi connectivity index (χ1v) is 11.9. The van der Waals surface area contributed by atoms with Crippen LogP contribution < -0.4 is 0 Å². The van der Waals surface area contributed by atoms with Gasteiger partial charge in [0.1, 0.15) is 6.79 Å². The molecule has 1 heterocycles. The number of thiazole rings is 1. The van der Waals surface area contributed by atoms with Crippen LogP contribution in [0.25, 0.3) is 0 Å². The van der Waals surface area contributed by atoms with Gasteiger partial charge in [-0.15, -0.1) is 11.3 Å². The molecular weight excluding hydrogens is 331 g/mol. The SMILES string of the molecule is C[Si](C)(C)CCOCOC1(C(F)(F)F)CCC1c1nccs1. The molecule has 1 saturated carbocycles. The molecule has 0 amide bonds. The minimum atomic E-state index is -4.41. The summed E-state index contributed by atoms with van der Waals surface area (Å²) in [7, 11) is -1.25. The fraction of sp³-hybridized carbons (Fsp3) is 0.786. The highest BCUT2D eigenvalue weighted by molar-refractivity contribution is 7.09. The Bertz CT molecular complexity index is 475. The zero-order valence-corrected chi connectivity index (χ0v) is 14.9. The summed E-state index contributed by atoms with van der Waals surface area (Å²) < 4.78 is 51.0. The van der Waals surface area contributed by atoms with E-state index in [1.54, 1.807) is 5.38 Å². The summed E-state index contributed by atoms with van der Waals surface area (Å²) in [4.78, 5) is 4.03. The number of rotatable bonds is 7. The van der Waals surface area contributed by atoms with Gasteiger partial charge in [0.2, 0.25) is 0 Å². The van der Waals surface area contributed by atoms with Crippen LogP contribution in [-0.4, -0.2) is 38.2 Å². The molecule has 8 heteroatoms. The number of nitrogens with zero attached hydrogens (tertiary/aromatic N) is 1. The van der Waals surface area contributed by atoms with E-state index in [1.165, 1.54) is 17.5 Å². The van der Waals surface area contributed by atoms with Crippen molar-refractivity contribution in [2.45, 2.75) is 56.2 Å². The van der Waals surface area contributed by atoms with Crippen molar-refractivity contribution in [2.24, 2.45) is 0 Å². The fourth-order valence-corrected chi connectivity index (χ4v) is 4.07. The molecule has 1 fully saturated rings. The minimum absolute atomic E-state index is 0.0296. The zero-order valence-electron chi connectivity index (χ0n) is 13.1. The van der Waals surface area contributed by atoms with E-state index in [4.69, 9.17) is 9.47 Å².